The summed E-state index contributed by atoms with van der Waals surface area (Å²) in [6.45, 7) is 5.13. The van der Waals surface area contributed by atoms with Gasteiger partial charge < -0.3 is 10.2 Å². The summed E-state index contributed by atoms with van der Waals surface area (Å²) in [5.41, 5.74) is 2.76. The van der Waals surface area contributed by atoms with Crippen LogP contribution in [0.5, 0.6) is 0 Å². The van der Waals surface area contributed by atoms with E-state index < -0.39 is 21.2 Å². The zero-order chi connectivity index (χ0) is 22.9. The van der Waals surface area contributed by atoms with Crippen LogP contribution in [0.3, 0.4) is 0 Å². The van der Waals surface area contributed by atoms with Gasteiger partial charge in [-0.3, -0.25) is 14.3 Å². The molecule has 0 spiro atoms. The Bertz CT molecular complexity index is 1160. The first kappa shape index (κ1) is 22.7. The number of fused-ring (bicyclic) bond motifs is 1. The van der Waals surface area contributed by atoms with E-state index >= 15 is 0 Å². The quantitative estimate of drug-likeness (QED) is 0.656. The van der Waals surface area contributed by atoms with Gasteiger partial charge in [0.15, 0.2) is 5.25 Å². The molecule has 32 heavy (non-hydrogen) atoms. The number of likely N-dealkylation sites (tertiary alicyclic amines) is 1. The van der Waals surface area contributed by atoms with Gasteiger partial charge in [0, 0.05) is 18.0 Å². The molecule has 4 rings (SSSR count). The zero-order valence-electron chi connectivity index (χ0n) is 18.2. The largest absolute Gasteiger partial charge is 0.341 e. The molecule has 2 heterocycles. The third kappa shape index (κ3) is 4.63. The van der Waals surface area contributed by atoms with Gasteiger partial charge in [0.2, 0.25) is 11.8 Å². The highest BCUT2D eigenvalue weighted by atomic mass is 32.2. The number of carbonyl (C=O) groups excluding carboxylic acids is 2. The predicted octanol–water partition coefficient (Wildman–Crippen LogP) is 3.92. The Morgan fingerprint density at radius 2 is 1.81 bits per heavy atom. The Kier molecular flexibility index (Phi) is 6.48. The topological polar surface area (TPSA) is 95.6 Å². The first-order valence-corrected chi connectivity index (χ1v) is 13.1. The molecular weight excluding hydrogens is 446 g/mol. The summed E-state index contributed by atoms with van der Waals surface area (Å²) in [7, 11) is -3.84. The standard InChI is InChI=1S/C23H27N3O4S2/c1-15-8-7-9-18(16(15)2)25-32(29,30)17-10-11-20-19(14-17)24-22(27)21(31-20)23(28)26-12-5-3-4-6-13-26/h7-11,14,21,25H,3-6,12-13H2,1-2H3,(H,24,27)/t21-/m0/s1. The van der Waals surface area contributed by atoms with Crippen molar-refractivity contribution in [2.75, 3.05) is 23.1 Å². The fourth-order valence-electron chi connectivity index (χ4n) is 3.94. The number of benzene rings is 2. The van der Waals surface area contributed by atoms with Crippen molar-refractivity contribution in [2.24, 2.45) is 0 Å². The van der Waals surface area contributed by atoms with Gasteiger partial charge in [-0.15, -0.1) is 11.8 Å². The number of rotatable bonds is 4. The van der Waals surface area contributed by atoms with E-state index in [0.29, 0.717) is 29.4 Å². The van der Waals surface area contributed by atoms with Crippen LogP contribution in [-0.2, 0) is 19.6 Å². The number of hydrogen-bond donors (Lipinski definition) is 2. The third-order valence-corrected chi connectivity index (χ3v) is 8.62. The number of hydrogen-bond acceptors (Lipinski definition) is 5. The lowest BCUT2D eigenvalue weighted by atomic mass is 10.1. The van der Waals surface area contributed by atoms with Gasteiger partial charge in [0.25, 0.3) is 10.0 Å². The van der Waals surface area contributed by atoms with E-state index in [0.717, 1.165) is 36.8 Å². The molecule has 9 heteroatoms. The molecule has 2 aromatic rings. The summed E-state index contributed by atoms with van der Waals surface area (Å²) >= 11 is 1.18. The Morgan fingerprint density at radius 1 is 1.09 bits per heavy atom. The summed E-state index contributed by atoms with van der Waals surface area (Å²) in [6.07, 6.45) is 4.11. The summed E-state index contributed by atoms with van der Waals surface area (Å²) in [6, 6.07) is 10.0. The highest BCUT2D eigenvalue weighted by Gasteiger charge is 2.36. The molecular formula is C23H27N3O4S2. The first-order chi connectivity index (χ1) is 15.3. The molecule has 1 fully saturated rings. The van der Waals surface area contributed by atoms with E-state index in [2.05, 4.69) is 10.0 Å². The maximum absolute atomic E-state index is 13.0. The number of anilines is 2. The van der Waals surface area contributed by atoms with Gasteiger partial charge in [0.1, 0.15) is 0 Å². The molecule has 1 saturated heterocycles. The van der Waals surface area contributed by atoms with Crippen LogP contribution in [-0.4, -0.2) is 43.5 Å². The Balaban J connectivity index is 1.54. The number of sulfonamides is 1. The van der Waals surface area contributed by atoms with E-state index in [1.807, 2.05) is 19.9 Å². The zero-order valence-corrected chi connectivity index (χ0v) is 19.8. The van der Waals surface area contributed by atoms with Crippen LogP contribution in [0.15, 0.2) is 46.2 Å². The number of nitrogens with zero attached hydrogens (tertiary/aromatic N) is 1. The van der Waals surface area contributed by atoms with E-state index in [4.69, 9.17) is 0 Å². The Morgan fingerprint density at radius 3 is 2.53 bits per heavy atom. The van der Waals surface area contributed by atoms with Gasteiger partial charge in [-0.2, -0.15) is 0 Å². The highest BCUT2D eigenvalue weighted by molar-refractivity contribution is 8.01. The van der Waals surface area contributed by atoms with Gasteiger partial charge in [-0.1, -0.05) is 25.0 Å². The lowest BCUT2D eigenvalue weighted by molar-refractivity contribution is -0.133. The smallest absolute Gasteiger partial charge is 0.261 e. The van der Waals surface area contributed by atoms with Crippen molar-refractivity contribution in [1.29, 1.82) is 0 Å². The predicted molar refractivity (Wildman–Crippen MR) is 126 cm³/mol. The van der Waals surface area contributed by atoms with Crippen LogP contribution >= 0.6 is 11.8 Å². The molecule has 2 aromatic carbocycles. The van der Waals surface area contributed by atoms with Crippen LogP contribution in [0.2, 0.25) is 0 Å². The Labute approximate surface area is 193 Å². The average molecular weight is 474 g/mol. The van der Waals surface area contributed by atoms with Crippen molar-refractivity contribution in [3.05, 3.63) is 47.5 Å². The van der Waals surface area contributed by atoms with Crippen molar-refractivity contribution in [3.63, 3.8) is 0 Å². The Hall–Kier alpha value is -2.52. The molecule has 0 radical (unpaired) electrons. The minimum atomic E-state index is -3.84. The fourth-order valence-corrected chi connectivity index (χ4v) is 6.14. The summed E-state index contributed by atoms with van der Waals surface area (Å²) < 4.78 is 28.5. The lowest BCUT2D eigenvalue weighted by Crippen LogP contribution is -2.45. The van der Waals surface area contributed by atoms with Crippen LogP contribution in [0.1, 0.15) is 36.8 Å². The monoisotopic (exact) mass is 473 g/mol. The van der Waals surface area contributed by atoms with Gasteiger partial charge in [-0.05, 0) is 62.1 Å². The summed E-state index contributed by atoms with van der Waals surface area (Å²) in [5.74, 6) is -0.581. The van der Waals surface area contributed by atoms with Crippen LogP contribution < -0.4 is 10.0 Å². The molecule has 170 valence electrons. The van der Waals surface area contributed by atoms with Gasteiger partial charge in [-0.25, -0.2) is 8.42 Å². The van der Waals surface area contributed by atoms with Crippen molar-refractivity contribution in [2.45, 2.75) is 54.6 Å². The number of aryl methyl sites for hydroxylation is 1. The minimum Gasteiger partial charge on any atom is -0.341 e. The van der Waals surface area contributed by atoms with Crippen LogP contribution in [0, 0.1) is 13.8 Å². The molecule has 2 N–H and O–H groups in total. The molecule has 2 aliphatic heterocycles. The van der Waals surface area contributed by atoms with Crippen LogP contribution in [0.4, 0.5) is 11.4 Å². The second kappa shape index (κ2) is 9.15. The SMILES string of the molecule is Cc1cccc(NS(=O)(=O)c2ccc3c(c2)NC(=O)[C@@H](C(=O)N2CCCCCC2)S3)c1C. The average Bonchev–Trinajstić information content (AvgIpc) is 3.05. The maximum Gasteiger partial charge on any atom is 0.261 e. The van der Waals surface area contributed by atoms with E-state index in [1.54, 1.807) is 23.1 Å². The highest BCUT2D eigenvalue weighted by Crippen LogP contribution is 2.38. The summed E-state index contributed by atoms with van der Waals surface area (Å²) in [5, 5.41) is 1.89. The number of amides is 2. The van der Waals surface area contributed by atoms with Crippen LogP contribution in [0.25, 0.3) is 0 Å². The van der Waals surface area contributed by atoms with Crippen molar-refractivity contribution in [3.8, 4) is 0 Å². The molecule has 1 atom stereocenters. The summed E-state index contributed by atoms with van der Waals surface area (Å²) in [4.78, 5) is 28.2. The molecule has 2 aliphatic rings. The van der Waals surface area contributed by atoms with Crippen molar-refractivity contribution >= 4 is 45.0 Å². The number of carbonyl (C=O) groups is 2. The van der Waals surface area contributed by atoms with Gasteiger partial charge in [0.05, 0.1) is 16.3 Å². The number of nitrogens with one attached hydrogen (secondary N) is 2. The number of thioether (sulfide) groups is 1. The van der Waals surface area contributed by atoms with Crippen molar-refractivity contribution < 1.29 is 18.0 Å². The fraction of sp³-hybridized carbons (Fsp3) is 0.391. The van der Waals surface area contributed by atoms with Gasteiger partial charge >= 0.3 is 0 Å². The van der Waals surface area contributed by atoms with E-state index in [1.165, 1.54) is 23.9 Å². The second-order valence-electron chi connectivity index (χ2n) is 8.24. The molecule has 0 aromatic heterocycles. The van der Waals surface area contributed by atoms with E-state index in [9.17, 15) is 18.0 Å². The normalized spacial score (nSPS) is 19.0. The first-order valence-electron chi connectivity index (χ1n) is 10.8. The lowest BCUT2D eigenvalue weighted by Gasteiger charge is -2.29. The second-order valence-corrected chi connectivity index (χ2v) is 11.1. The maximum atomic E-state index is 13.0. The van der Waals surface area contributed by atoms with E-state index in [-0.39, 0.29) is 10.8 Å². The third-order valence-electron chi connectivity index (χ3n) is 5.99. The molecule has 2 amide bonds. The molecule has 0 bridgehead atoms. The molecule has 7 nitrogen and oxygen atoms in total. The molecule has 0 aliphatic carbocycles. The minimum absolute atomic E-state index is 0.0513. The molecule has 0 unspecified atom stereocenters. The van der Waals surface area contributed by atoms with Crippen molar-refractivity contribution in [1.82, 2.24) is 4.90 Å². The molecule has 0 saturated carbocycles.